The Bertz CT molecular complexity index is 1710. The van der Waals surface area contributed by atoms with Crippen LogP contribution >= 0.6 is 34.4 Å². The largest absolute Gasteiger partial charge is 0.321 e. The van der Waals surface area contributed by atoms with Crippen molar-refractivity contribution in [1.29, 1.82) is 0 Å². The van der Waals surface area contributed by atoms with Crippen molar-refractivity contribution in [1.82, 2.24) is 5.32 Å². The van der Waals surface area contributed by atoms with E-state index >= 15 is 0 Å². The molecule has 1 unspecified atom stereocenters. The van der Waals surface area contributed by atoms with E-state index in [0.29, 0.717) is 16.9 Å². The number of hydrogen-bond donors (Lipinski definition) is 2. The summed E-state index contributed by atoms with van der Waals surface area (Å²) in [6.07, 6.45) is 5.16. The van der Waals surface area contributed by atoms with Crippen molar-refractivity contribution in [3.8, 4) is 0 Å². The number of hydrogen-bond acceptors (Lipinski definition) is 5. The molecule has 4 aromatic rings. The van der Waals surface area contributed by atoms with Gasteiger partial charge in [-0.1, -0.05) is 66.7 Å². The van der Waals surface area contributed by atoms with Gasteiger partial charge in [0.15, 0.2) is 0 Å². The zero-order chi connectivity index (χ0) is 30.2. The summed E-state index contributed by atoms with van der Waals surface area (Å²) in [7, 11) is 0. The van der Waals surface area contributed by atoms with Crippen LogP contribution in [0.4, 0.5) is 11.4 Å². The number of thioether (sulfide) groups is 1. The second kappa shape index (κ2) is 14.1. The average Bonchev–Trinajstić information content (AvgIpc) is 3.30. The molecule has 9 heteroatoms. The van der Waals surface area contributed by atoms with Crippen LogP contribution in [0.15, 0.2) is 132 Å². The molecular weight excluding hydrogens is 673 g/mol. The van der Waals surface area contributed by atoms with Gasteiger partial charge in [-0.3, -0.25) is 19.2 Å². The molecule has 43 heavy (non-hydrogen) atoms. The Morgan fingerprint density at radius 3 is 2.28 bits per heavy atom. The lowest BCUT2D eigenvalue weighted by molar-refractivity contribution is -0.121. The van der Waals surface area contributed by atoms with Crippen LogP contribution in [0.1, 0.15) is 22.3 Å². The fourth-order valence-corrected chi connectivity index (χ4v) is 5.82. The van der Waals surface area contributed by atoms with E-state index in [1.807, 2.05) is 60.7 Å². The van der Waals surface area contributed by atoms with Crippen LogP contribution in [0, 0.1) is 3.57 Å². The van der Waals surface area contributed by atoms with Crippen LogP contribution in [0.3, 0.4) is 0 Å². The Morgan fingerprint density at radius 1 is 0.860 bits per heavy atom. The quantitative estimate of drug-likeness (QED) is 0.0880. The van der Waals surface area contributed by atoms with E-state index in [9.17, 15) is 19.2 Å². The summed E-state index contributed by atoms with van der Waals surface area (Å²) in [5.41, 5.74) is 2.45. The Morgan fingerprint density at radius 2 is 1.56 bits per heavy atom. The first kappa shape index (κ1) is 30.0. The highest BCUT2D eigenvalue weighted by atomic mass is 127. The maximum Gasteiger partial charge on any atom is 0.272 e. The summed E-state index contributed by atoms with van der Waals surface area (Å²) in [4.78, 5) is 54.0. The van der Waals surface area contributed by atoms with E-state index in [2.05, 4.69) is 33.2 Å². The van der Waals surface area contributed by atoms with Gasteiger partial charge in [-0.15, -0.1) is 11.8 Å². The van der Waals surface area contributed by atoms with Gasteiger partial charge in [0.1, 0.15) is 5.70 Å². The Labute approximate surface area is 267 Å². The third kappa shape index (κ3) is 7.88. The number of anilines is 2. The molecule has 214 valence electrons. The first-order chi connectivity index (χ1) is 20.9. The summed E-state index contributed by atoms with van der Waals surface area (Å²) in [6, 6.07) is 32.5. The van der Waals surface area contributed by atoms with Gasteiger partial charge < -0.3 is 10.6 Å². The van der Waals surface area contributed by atoms with Gasteiger partial charge in [0.2, 0.25) is 11.8 Å². The molecule has 0 saturated carbocycles. The fraction of sp³-hybridized carbons (Fsp3) is 0.0588. The smallest absolute Gasteiger partial charge is 0.272 e. The highest BCUT2D eigenvalue weighted by molar-refractivity contribution is 14.1. The standard InChI is InChI=1S/C34H26IN3O4S/c35-25-17-19-27(20-18-25)38-31(39)22-30(34(38)42)43-28-15-8-14-26(21-28)36-33(41)29(16-7-11-23-9-3-1-4-10-23)37-32(40)24-12-5-2-6-13-24/h1-21,30H,22H2,(H,36,41)(H,37,40). The lowest BCUT2D eigenvalue weighted by Gasteiger charge is -2.15. The minimum Gasteiger partial charge on any atom is -0.321 e. The maximum atomic E-state index is 13.4. The predicted molar refractivity (Wildman–Crippen MR) is 178 cm³/mol. The molecule has 2 N–H and O–H groups in total. The van der Waals surface area contributed by atoms with Crippen molar-refractivity contribution in [2.75, 3.05) is 10.2 Å². The average molecular weight is 700 g/mol. The number of imide groups is 1. The van der Waals surface area contributed by atoms with Gasteiger partial charge in [-0.2, -0.15) is 0 Å². The zero-order valence-corrected chi connectivity index (χ0v) is 25.7. The molecule has 0 aliphatic carbocycles. The molecule has 0 radical (unpaired) electrons. The highest BCUT2D eigenvalue weighted by Crippen LogP contribution is 2.35. The second-order valence-corrected chi connectivity index (χ2v) is 12.0. The molecule has 1 atom stereocenters. The normalized spacial score (nSPS) is 15.1. The highest BCUT2D eigenvalue weighted by Gasteiger charge is 2.40. The second-order valence-electron chi connectivity index (χ2n) is 9.51. The van der Waals surface area contributed by atoms with Gasteiger partial charge in [0, 0.05) is 26.1 Å². The molecule has 1 heterocycles. The number of nitrogens with one attached hydrogen (secondary N) is 2. The van der Waals surface area contributed by atoms with E-state index in [4.69, 9.17) is 0 Å². The van der Waals surface area contributed by atoms with E-state index in [0.717, 1.165) is 14.0 Å². The zero-order valence-electron chi connectivity index (χ0n) is 22.8. The molecule has 1 aliphatic heterocycles. The van der Waals surface area contributed by atoms with Crippen molar-refractivity contribution in [2.45, 2.75) is 16.6 Å². The van der Waals surface area contributed by atoms with E-state index in [1.54, 1.807) is 66.7 Å². The molecule has 0 bridgehead atoms. The van der Waals surface area contributed by atoms with E-state index in [1.165, 1.54) is 16.7 Å². The molecule has 7 nitrogen and oxygen atoms in total. The number of rotatable bonds is 9. The third-order valence-corrected chi connectivity index (χ3v) is 8.34. The molecule has 0 spiro atoms. The summed E-state index contributed by atoms with van der Waals surface area (Å²) < 4.78 is 1.01. The van der Waals surface area contributed by atoms with Crippen molar-refractivity contribution >= 4 is 75.4 Å². The molecule has 1 aliphatic rings. The molecule has 0 aromatic heterocycles. The number of benzene rings is 4. The van der Waals surface area contributed by atoms with Gasteiger partial charge in [-0.05, 0) is 88.8 Å². The molecule has 1 fully saturated rings. The van der Waals surface area contributed by atoms with E-state index < -0.39 is 17.1 Å². The Hall–Kier alpha value is -4.48. The Kier molecular flexibility index (Phi) is 9.85. The SMILES string of the molecule is O=C(Nc1cccc(SC2CC(=O)N(c3ccc(I)cc3)C2=O)c1)C(=CC=Cc1ccccc1)NC(=O)c1ccccc1. The predicted octanol–water partition coefficient (Wildman–Crippen LogP) is 6.68. The summed E-state index contributed by atoms with van der Waals surface area (Å²) >= 11 is 3.44. The number of carbonyl (C=O) groups is 4. The van der Waals surface area contributed by atoms with Crippen molar-refractivity contribution in [3.63, 3.8) is 0 Å². The monoisotopic (exact) mass is 699 g/mol. The van der Waals surface area contributed by atoms with Crippen LogP contribution in [-0.2, 0) is 14.4 Å². The van der Waals surface area contributed by atoms with Crippen LogP contribution in [0.5, 0.6) is 0 Å². The number of nitrogens with zero attached hydrogens (tertiary/aromatic N) is 1. The number of carbonyl (C=O) groups excluding carboxylic acids is 4. The van der Waals surface area contributed by atoms with Crippen LogP contribution in [-0.4, -0.2) is 28.9 Å². The lowest BCUT2D eigenvalue weighted by atomic mass is 10.2. The molecule has 4 aromatic carbocycles. The summed E-state index contributed by atoms with van der Waals surface area (Å²) in [5.74, 6) is -1.45. The molecule has 4 amide bonds. The fourth-order valence-electron chi connectivity index (χ4n) is 4.35. The molecular formula is C34H26IN3O4S. The number of amides is 4. The summed E-state index contributed by atoms with van der Waals surface area (Å²) in [5, 5.41) is 4.97. The Balaban J connectivity index is 1.30. The molecule has 1 saturated heterocycles. The van der Waals surface area contributed by atoms with Crippen molar-refractivity contribution in [2.24, 2.45) is 0 Å². The minimum atomic E-state index is -0.582. The first-order valence-electron chi connectivity index (χ1n) is 13.4. The molecule has 5 rings (SSSR count). The third-order valence-electron chi connectivity index (χ3n) is 6.44. The number of halogens is 1. The summed E-state index contributed by atoms with van der Waals surface area (Å²) in [6.45, 7) is 0. The lowest BCUT2D eigenvalue weighted by Crippen LogP contribution is -2.31. The maximum absolute atomic E-state index is 13.4. The van der Waals surface area contributed by atoms with Crippen molar-refractivity contribution in [3.05, 3.63) is 142 Å². The van der Waals surface area contributed by atoms with Gasteiger partial charge in [0.05, 0.1) is 10.9 Å². The van der Waals surface area contributed by atoms with Crippen LogP contribution in [0.25, 0.3) is 6.08 Å². The van der Waals surface area contributed by atoms with Gasteiger partial charge in [0.25, 0.3) is 11.8 Å². The van der Waals surface area contributed by atoms with Crippen molar-refractivity contribution < 1.29 is 19.2 Å². The van der Waals surface area contributed by atoms with Crippen LogP contribution in [0.2, 0.25) is 0 Å². The van der Waals surface area contributed by atoms with Gasteiger partial charge >= 0.3 is 0 Å². The van der Waals surface area contributed by atoms with Gasteiger partial charge in [-0.25, -0.2) is 4.90 Å². The first-order valence-corrected chi connectivity index (χ1v) is 15.3. The number of allylic oxidation sites excluding steroid dienone is 2. The van der Waals surface area contributed by atoms with E-state index in [-0.39, 0.29) is 23.9 Å². The van der Waals surface area contributed by atoms with Crippen LogP contribution < -0.4 is 15.5 Å². The minimum absolute atomic E-state index is 0.0591. The topological polar surface area (TPSA) is 95.6 Å².